The minimum absolute atomic E-state index is 0.250. The van der Waals surface area contributed by atoms with Gasteiger partial charge >= 0.3 is 6.09 Å². The summed E-state index contributed by atoms with van der Waals surface area (Å²) in [6.45, 7) is 18.3. The normalized spacial score (nSPS) is 17.1. The lowest BCUT2D eigenvalue weighted by molar-refractivity contribution is -0.122. The first-order chi connectivity index (χ1) is 12.6. The van der Waals surface area contributed by atoms with E-state index in [0.717, 1.165) is 10.8 Å². The number of nitrogens with zero attached hydrogens (tertiary/aromatic N) is 1. The fourth-order valence-electron chi connectivity index (χ4n) is 2.07. The molecule has 0 spiro atoms. The Balaban J connectivity index is 0.000000665. The van der Waals surface area contributed by atoms with Gasteiger partial charge in [-0.3, -0.25) is 4.79 Å². The topological polar surface area (TPSA) is 66.8 Å². The molecule has 0 heterocycles. The van der Waals surface area contributed by atoms with Crippen molar-refractivity contribution < 1.29 is 19.4 Å². The van der Waals surface area contributed by atoms with E-state index < -0.39 is 5.60 Å². The minimum Gasteiger partial charge on any atom is -0.483 e. The Morgan fingerprint density at radius 3 is 1.86 bits per heavy atom. The molecule has 0 aromatic heterocycles. The van der Waals surface area contributed by atoms with E-state index in [1.54, 1.807) is 4.31 Å². The summed E-state index contributed by atoms with van der Waals surface area (Å²) in [7, 11) is 0. The average Bonchev–Trinajstić information content (AvgIpc) is 3.08. The van der Waals surface area contributed by atoms with Crippen LogP contribution in [0.4, 0.5) is 4.79 Å². The molecule has 160 valence electrons. The van der Waals surface area contributed by atoms with Gasteiger partial charge in [0, 0.05) is 10.4 Å². The van der Waals surface area contributed by atoms with Gasteiger partial charge in [-0.2, -0.15) is 0 Å². The van der Waals surface area contributed by atoms with Gasteiger partial charge in [0.2, 0.25) is 0 Å². The largest absolute Gasteiger partial charge is 0.483 e. The van der Waals surface area contributed by atoms with Crippen LogP contribution in [-0.4, -0.2) is 33.1 Å². The number of carbonyl (C=O) groups excluding carboxylic acids is 1. The van der Waals surface area contributed by atoms with E-state index in [9.17, 15) is 4.79 Å². The van der Waals surface area contributed by atoms with Crippen LogP contribution in [0.2, 0.25) is 0 Å². The number of benzene rings is 1. The number of hydrogen-bond acceptors (Lipinski definition) is 4. The number of carboxylic acid groups (broad SMARTS) is 1. The van der Waals surface area contributed by atoms with Crippen molar-refractivity contribution in [3.63, 3.8) is 0 Å². The molecule has 1 N–H and O–H groups in total. The van der Waals surface area contributed by atoms with Crippen molar-refractivity contribution in [1.82, 2.24) is 4.31 Å². The molecule has 1 aromatic carbocycles. The molecule has 1 saturated carbocycles. The highest BCUT2D eigenvalue weighted by molar-refractivity contribution is 7.97. The second-order valence-corrected chi connectivity index (χ2v) is 10.6. The van der Waals surface area contributed by atoms with Crippen LogP contribution in [0.15, 0.2) is 35.2 Å². The first-order valence-electron chi connectivity index (χ1n) is 9.48. The van der Waals surface area contributed by atoms with Crippen molar-refractivity contribution in [3.8, 4) is 0 Å². The Bertz CT molecular complexity index is 603. The lowest BCUT2D eigenvalue weighted by Crippen LogP contribution is -2.43. The van der Waals surface area contributed by atoms with E-state index in [-0.39, 0.29) is 18.1 Å². The average molecular weight is 412 g/mol. The summed E-state index contributed by atoms with van der Waals surface area (Å²) in [4.78, 5) is 21.7. The van der Waals surface area contributed by atoms with Crippen molar-refractivity contribution in [2.24, 2.45) is 11.3 Å². The fourth-order valence-corrected chi connectivity index (χ4v) is 2.94. The van der Waals surface area contributed by atoms with Gasteiger partial charge in [0.25, 0.3) is 6.47 Å². The van der Waals surface area contributed by atoms with E-state index in [0.29, 0.717) is 5.41 Å². The molecule has 0 radical (unpaired) electrons. The van der Waals surface area contributed by atoms with Crippen molar-refractivity contribution in [2.45, 2.75) is 84.8 Å². The van der Waals surface area contributed by atoms with Crippen molar-refractivity contribution in [3.05, 3.63) is 30.3 Å². The Hall–Kier alpha value is -1.69. The van der Waals surface area contributed by atoms with Crippen LogP contribution in [0.1, 0.15) is 68.7 Å². The lowest BCUT2D eigenvalue weighted by Gasteiger charge is -2.35. The standard InChI is InChI=1S/C15H23NO2S.C6H12.CH2O2/c1-14(2,3)16(13(17)18-15(4,5)6)19-12-10-8-7-9-11-12;1-5-4-6(5,2)3;2-1-3/h7-11H,1-6H3;5H,4H2,1-3H3;1H,(H,2,3). The second-order valence-electron chi connectivity index (χ2n) is 9.55. The maximum Gasteiger partial charge on any atom is 0.421 e. The van der Waals surface area contributed by atoms with Gasteiger partial charge in [0.15, 0.2) is 0 Å². The Morgan fingerprint density at radius 1 is 1.18 bits per heavy atom. The van der Waals surface area contributed by atoms with Gasteiger partial charge in [0.1, 0.15) is 5.60 Å². The zero-order chi connectivity index (χ0) is 22.2. The van der Waals surface area contributed by atoms with Gasteiger partial charge in [-0.1, -0.05) is 39.0 Å². The minimum atomic E-state index is -0.488. The molecule has 28 heavy (non-hydrogen) atoms. The maximum atomic E-state index is 12.3. The van der Waals surface area contributed by atoms with E-state index in [4.69, 9.17) is 14.6 Å². The SMILES string of the molecule is CC(C)(C)OC(=O)N(Sc1ccccc1)C(C)(C)C.CC1CC1(C)C.O=CO. The Labute approximate surface area is 175 Å². The number of ether oxygens (including phenoxy) is 1. The molecule has 0 aliphatic heterocycles. The molecule has 1 atom stereocenters. The summed E-state index contributed by atoms with van der Waals surface area (Å²) in [5, 5.41) is 6.89. The highest BCUT2D eigenvalue weighted by Gasteiger charge is 2.41. The highest BCUT2D eigenvalue weighted by Crippen LogP contribution is 2.50. The number of amides is 1. The second kappa shape index (κ2) is 10.7. The third kappa shape index (κ3) is 11.2. The number of rotatable bonds is 2. The third-order valence-corrected chi connectivity index (χ3v) is 5.48. The third-order valence-electron chi connectivity index (χ3n) is 4.11. The molecule has 1 aromatic rings. The smallest absolute Gasteiger partial charge is 0.421 e. The molecule has 6 heteroatoms. The van der Waals surface area contributed by atoms with Gasteiger partial charge in [-0.05, 0) is 83.4 Å². The highest BCUT2D eigenvalue weighted by atomic mass is 32.2. The predicted octanol–water partition coefficient (Wildman–Crippen LogP) is 6.48. The van der Waals surface area contributed by atoms with Crippen LogP contribution < -0.4 is 0 Å². The summed E-state index contributed by atoms with van der Waals surface area (Å²) in [5.41, 5.74) is -0.0966. The molecular weight excluding hydrogens is 374 g/mol. The molecule has 1 unspecified atom stereocenters. The number of carbonyl (C=O) groups is 2. The summed E-state index contributed by atoms with van der Waals surface area (Å²) in [6.07, 6.45) is 1.13. The summed E-state index contributed by atoms with van der Waals surface area (Å²) in [5.74, 6) is 0.998. The van der Waals surface area contributed by atoms with E-state index in [1.165, 1.54) is 18.4 Å². The molecular formula is C22H37NO4S. The monoisotopic (exact) mass is 411 g/mol. The molecule has 0 saturated heterocycles. The van der Waals surface area contributed by atoms with Gasteiger partial charge < -0.3 is 9.84 Å². The molecule has 1 fully saturated rings. The van der Waals surface area contributed by atoms with E-state index in [2.05, 4.69) is 20.8 Å². The summed E-state index contributed by atoms with van der Waals surface area (Å²) < 4.78 is 7.14. The first-order valence-corrected chi connectivity index (χ1v) is 10.3. The first kappa shape index (κ1) is 26.3. The molecule has 0 bridgehead atoms. The quantitative estimate of drug-likeness (QED) is 0.445. The van der Waals surface area contributed by atoms with Crippen LogP contribution in [0.3, 0.4) is 0 Å². The molecule has 1 aliphatic carbocycles. The van der Waals surface area contributed by atoms with E-state index in [1.807, 2.05) is 71.9 Å². The fraction of sp³-hybridized carbons (Fsp3) is 0.636. The summed E-state index contributed by atoms with van der Waals surface area (Å²) >= 11 is 1.40. The van der Waals surface area contributed by atoms with Crippen molar-refractivity contribution >= 4 is 24.5 Å². The predicted molar refractivity (Wildman–Crippen MR) is 116 cm³/mol. The van der Waals surface area contributed by atoms with Crippen LogP contribution >= 0.6 is 11.9 Å². The van der Waals surface area contributed by atoms with Crippen LogP contribution in [-0.2, 0) is 9.53 Å². The van der Waals surface area contributed by atoms with Crippen LogP contribution in [0.5, 0.6) is 0 Å². The van der Waals surface area contributed by atoms with Gasteiger partial charge in [-0.25, -0.2) is 9.10 Å². The molecule has 5 nitrogen and oxygen atoms in total. The van der Waals surface area contributed by atoms with Crippen LogP contribution in [0, 0.1) is 11.3 Å². The molecule has 1 aliphatic rings. The van der Waals surface area contributed by atoms with Crippen molar-refractivity contribution in [2.75, 3.05) is 0 Å². The Kier molecular flexibility index (Phi) is 10.1. The zero-order valence-electron chi connectivity index (χ0n) is 18.8. The molecule has 1 amide bonds. The van der Waals surface area contributed by atoms with Crippen LogP contribution in [0.25, 0.3) is 0 Å². The van der Waals surface area contributed by atoms with Gasteiger partial charge in [-0.15, -0.1) is 0 Å². The van der Waals surface area contributed by atoms with Gasteiger partial charge in [0.05, 0.1) is 0 Å². The molecule has 2 rings (SSSR count). The Morgan fingerprint density at radius 2 is 1.57 bits per heavy atom. The van der Waals surface area contributed by atoms with E-state index >= 15 is 0 Å². The maximum absolute atomic E-state index is 12.3. The number of hydrogen-bond donors (Lipinski definition) is 1. The zero-order valence-corrected chi connectivity index (χ0v) is 19.6. The summed E-state index contributed by atoms with van der Waals surface area (Å²) in [6, 6.07) is 9.83. The van der Waals surface area contributed by atoms with Crippen molar-refractivity contribution in [1.29, 1.82) is 0 Å². The lowest BCUT2D eigenvalue weighted by atomic mass is 10.1.